The van der Waals surface area contributed by atoms with Gasteiger partial charge in [0.1, 0.15) is 6.10 Å². The molecule has 0 rings (SSSR count). The summed E-state index contributed by atoms with van der Waals surface area (Å²) in [6, 6.07) is 0. The van der Waals surface area contributed by atoms with E-state index in [4.69, 9.17) is 5.11 Å². The molecule has 0 bridgehead atoms. The Labute approximate surface area is 59.2 Å². The second kappa shape index (κ2) is 4.93. The Kier molecular flexibility index (Phi) is 4.49. The number of rotatable bonds is 5. The number of carbonyl (C=O) groups excluding carboxylic acids is 2. The highest BCUT2D eigenvalue weighted by atomic mass is 16.3. The number of carbonyl (C=O) groups is 2. The van der Waals surface area contributed by atoms with Gasteiger partial charge in [-0.2, -0.15) is 0 Å². The van der Waals surface area contributed by atoms with Crippen LogP contribution in [0.5, 0.6) is 0 Å². The van der Waals surface area contributed by atoms with Gasteiger partial charge in [-0.05, 0) is 0 Å². The SMILES string of the molecule is CCC(=O)C(O)CNC=O. The van der Waals surface area contributed by atoms with Crippen LogP contribution in [0, 0.1) is 0 Å². The zero-order chi connectivity index (χ0) is 7.98. The Hall–Kier alpha value is -0.900. The van der Waals surface area contributed by atoms with Crippen molar-refractivity contribution < 1.29 is 14.7 Å². The quantitative estimate of drug-likeness (QED) is 0.491. The standard InChI is InChI=1S/C6H11NO3/c1-2-5(9)6(10)3-7-4-8/h4,6,10H,2-3H2,1H3,(H,7,8). The van der Waals surface area contributed by atoms with Crippen molar-refractivity contribution in [2.75, 3.05) is 6.54 Å². The molecule has 0 aliphatic heterocycles. The number of amides is 1. The minimum atomic E-state index is -1.05. The molecule has 1 unspecified atom stereocenters. The molecule has 0 heterocycles. The van der Waals surface area contributed by atoms with Gasteiger partial charge >= 0.3 is 0 Å². The predicted octanol–water partition coefficient (Wildman–Crippen LogP) is -0.928. The third kappa shape index (κ3) is 3.19. The Balaban J connectivity index is 3.50. The average Bonchev–Trinajstić information content (AvgIpc) is 1.98. The van der Waals surface area contributed by atoms with Gasteiger partial charge in [-0.25, -0.2) is 0 Å². The van der Waals surface area contributed by atoms with Crippen LogP contribution in [0.4, 0.5) is 0 Å². The lowest BCUT2D eigenvalue weighted by Crippen LogP contribution is -2.32. The molecule has 10 heavy (non-hydrogen) atoms. The van der Waals surface area contributed by atoms with Crippen LogP contribution in [-0.2, 0) is 9.59 Å². The minimum Gasteiger partial charge on any atom is -0.383 e. The number of hydrogen-bond donors (Lipinski definition) is 2. The lowest BCUT2D eigenvalue weighted by molar-refractivity contribution is -0.126. The van der Waals surface area contributed by atoms with E-state index in [1.807, 2.05) is 0 Å². The fraction of sp³-hybridized carbons (Fsp3) is 0.667. The van der Waals surface area contributed by atoms with E-state index in [2.05, 4.69) is 5.32 Å². The molecular weight excluding hydrogens is 134 g/mol. The van der Waals surface area contributed by atoms with Gasteiger partial charge in [0, 0.05) is 6.42 Å². The summed E-state index contributed by atoms with van der Waals surface area (Å²) < 4.78 is 0. The molecule has 0 aliphatic carbocycles. The number of nitrogens with one attached hydrogen (secondary N) is 1. The Bertz CT molecular complexity index is 124. The van der Waals surface area contributed by atoms with Crippen molar-refractivity contribution >= 4 is 12.2 Å². The third-order valence-corrected chi connectivity index (χ3v) is 1.11. The molecule has 4 heteroatoms. The zero-order valence-electron chi connectivity index (χ0n) is 5.83. The van der Waals surface area contributed by atoms with E-state index in [0.717, 1.165) is 0 Å². The van der Waals surface area contributed by atoms with Crippen LogP contribution >= 0.6 is 0 Å². The molecule has 4 nitrogen and oxygen atoms in total. The lowest BCUT2D eigenvalue weighted by atomic mass is 10.2. The summed E-state index contributed by atoms with van der Waals surface area (Å²) in [5.41, 5.74) is 0. The first-order valence-corrected chi connectivity index (χ1v) is 3.10. The van der Waals surface area contributed by atoms with Gasteiger partial charge in [-0.3, -0.25) is 9.59 Å². The van der Waals surface area contributed by atoms with Gasteiger partial charge in [0.05, 0.1) is 6.54 Å². The van der Waals surface area contributed by atoms with Crippen molar-refractivity contribution in [1.29, 1.82) is 0 Å². The molecule has 2 N–H and O–H groups in total. The molecule has 0 spiro atoms. The van der Waals surface area contributed by atoms with Crippen molar-refractivity contribution in [3.63, 3.8) is 0 Å². The lowest BCUT2D eigenvalue weighted by Gasteiger charge is -2.05. The van der Waals surface area contributed by atoms with E-state index in [-0.39, 0.29) is 12.3 Å². The molecule has 0 radical (unpaired) electrons. The molecule has 0 saturated carbocycles. The van der Waals surface area contributed by atoms with E-state index in [1.165, 1.54) is 0 Å². The molecule has 0 saturated heterocycles. The molecule has 0 aromatic carbocycles. The van der Waals surface area contributed by atoms with Crippen molar-refractivity contribution in [3.8, 4) is 0 Å². The molecular formula is C6H11NO3. The summed E-state index contributed by atoms with van der Waals surface area (Å²) in [6.07, 6.45) is -0.302. The van der Waals surface area contributed by atoms with Gasteiger partial charge < -0.3 is 10.4 Å². The first kappa shape index (κ1) is 9.10. The van der Waals surface area contributed by atoms with Crippen LogP contribution in [-0.4, -0.2) is 29.9 Å². The third-order valence-electron chi connectivity index (χ3n) is 1.11. The molecule has 0 aliphatic rings. The van der Waals surface area contributed by atoms with Gasteiger partial charge in [0.25, 0.3) is 0 Å². The van der Waals surface area contributed by atoms with E-state index in [9.17, 15) is 9.59 Å². The average molecular weight is 145 g/mol. The number of aliphatic hydroxyl groups excluding tert-OH is 1. The highest BCUT2D eigenvalue weighted by Gasteiger charge is 2.10. The highest BCUT2D eigenvalue weighted by Crippen LogP contribution is 1.87. The first-order chi connectivity index (χ1) is 4.72. The molecule has 1 amide bonds. The summed E-state index contributed by atoms with van der Waals surface area (Å²) in [4.78, 5) is 20.3. The van der Waals surface area contributed by atoms with Crippen molar-refractivity contribution in [2.45, 2.75) is 19.4 Å². The Morgan fingerprint density at radius 2 is 2.40 bits per heavy atom. The number of aliphatic hydroxyl groups is 1. The predicted molar refractivity (Wildman–Crippen MR) is 35.4 cm³/mol. The van der Waals surface area contributed by atoms with E-state index < -0.39 is 6.10 Å². The Morgan fingerprint density at radius 1 is 1.80 bits per heavy atom. The van der Waals surface area contributed by atoms with Crippen LogP contribution in [0.1, 0.15) is 13.3 Å². The molecule has 1 atom stereocenters. The molecule has 58 valence electrons. The summed E-state index contributed by atoms with van der Waals surface area (Å²) >= 11 is 0. The monoisotopic (exact) mass is 145 g/mol. The Morgan fingerprint density at radius 3 is 2.80 bits per heavy atom. The van der Waals surface area contributed by atoms with Crippen LogP contribution in [0.3, 0.4) is 0 Å². The summed E-state index contributed by atoms with van der Waals surface area (Å²) in [5, 5.41) is 11.1. The van der Waals surface area contributed by atoms with Crippen LogP contribution in [0.2, 0.25) is 0 Å². The normalized spacial score (nSPS) is 12.2. The largest absolute Gasteiger partial charge is 0.383 e. The fourth-order valence-electron chi connectivity index (χ4n) is 0.509. The van der Waals surface area contributed by atoms with Gasteiger partial charge in [0.15, 0.2) is 5.78 Å². The number of hydrogen-bond acceptors (Lipinski definition) is 3. The molecule has 0 aromatic heterocycles. The van der Waals surface area contributed by atoms with Crippen LogP contribution in [0.25, 0.3) is 0 Å². The van der Waals surface area contributed by atoms with E-state index >= 15 is 0 Å². The van der Waals surface area contributed by atoms with Crippen molar-refractivity contribution in [3.05, 3.63) is 0 Å². The summed E-state index contributed by atoms with van der Waals surface area (Å²) in [6.45, 7) is 1.67. The van der Waals surface area contributed by atoms with Crippen molar-refractivity contribution in [2.24, 2.45) is 0 Å². The maximum absolute atomic E-state index is 10.6. The molecule has 0 aromatic rings. The highest BCUT2D eigenvalue weighted by molar-refractivity contribution is 5.82. The van der Waals surface area contributed by atoms with Gasteiger partial charge in [-0.1, -0.05) is 6.92 Å². The van der Waals surface area contributed by atoms with E-state index in [1.54, 1.807) is 6.92 Å². The number of ketones is 1. The van der Waals surface area contributed by atoms with Gasteiger partial charge in [0.2, 0.25) is 6.41 Å². The second-order valence-electron chi connectivity index (χ2n) is 1.86. The van der Waals surface area contributed by atoms with Crippen LogP contribution in [0.15, 0.2) is 0 Å². The van der Waals surface area contributed by atoms with Gasteiger partial charge in [-0.15, -0.1) is 0 Å². The summed E-state index contributed by atoms with van der Waals surface area (Å²) in [7, 11) is 0. The summed E-state index contributed by atoms with van der Waals surface area (Å²) in [5.74, 6) is -0.255. The maximum atomic E-state index is 10.6. The fourth-order valence-corrected chi connectivity index (χ4v) is 0.509. The maximum Gasteiger partial charge on any atom is 0.207 e. The van der Waals surface area contributed by atoms with Crippen molar-refractivity contribution in [1.82, 2.24) is 5.32 Å². The second-order valence-corrected chi connectivity index (χ2v) is 1.86. The van der Waals surface area contributed by atoms with E-state index in [0.29, 0.717) is 12.8 Å². The minimum absolute atomic E-state index is 0.0101. The first-order valence-electron chi connectivity index (χ1n) is 3.10. The topological polar surface area (TPSA) is 66.4 Å². The number of Topliss-reactive ketones (excluding diaryl/α,β-unsaturated/α-hetero) is 1. The van der Waals surface area contributed by atoms with Crippen LogP contribution < -0.4 is 5.32 Å². The molecule has 0 fully saturated rings. The smallest absolute Gasteiger partial charge is 0.207 e. The zero-order valence-corrected chi connectivity index (χ0v) is 5.83.